The summed E-state index contributed by atoms with van der Waals surface area (Å²) < 4.78 is 15.5. The quantitative estimate of drug-likeness (QED) is 0.634. The van der Waals surface area contributed by atoms with Crippen molar-refractivity contribution in [2.24, 2.45) is 0 Å². The van der Waals surface area contributed by atoms with Crippen LogP contribution in [0.2, 0.25) is 0 Å². The average Bonchev–Trinajstić information content (AvgIpc) is 2.69. The van der Waals surface area contributed by atoms with Gasteiger partial charge in [0.25, 0.3) is 5.91 Å². The topological polar surface area (TPSA) is 81.7 Å². The summed E-state index contributed by atoms with van der Waals surface area (Å²) in [6, 6.07) is 9.27. The minimum atomic E-state index is -0.187. The number of rotatable bonds is 10. The molecule has 1 aromatic heterocycles. The van der Waals surface area contributed by atoms with Crippen molar-refractivity contribution < 1.29 is 19.0 Å². The molecule has 140 valence electrons. The van der Waals surface area contributed by atoms with Gasteiger partial charge in [-0.3, -0.25) is 4.79 Å². The van der Waals surface area contributed by atoms with Crippen LogP contribution in [0.15, 0.2) is 36.5 Å². The molecule has 2 rings (SSSR count). The van der Waals surface area contributed by atoms with Crippen LogP contribution in [0.5, 0.6) is 11.5 Å². The van der Waals surface area contributed by atoms with Gasteiger partial charge < -0.3 is 24.8 Å². The smallest absolute Gasteiger partial charge is 0.269 e. The number of methoxy groups -OCH3 is 3. The van der Waals surface area contributed by atoms with Crippen LogP contribution in [0, 0.1) is 0 Å². The number of hydrogen-bond donors (Lipinski definition) is 2. The summed E-state index contributed by atoms with van der Waals surface area (Å²) in [5.74, 6) is 1.19. The number of benzene rings is 1. The minimum Gasteiger partial charge on any atom is -0.493 e. The van der Waals surface area contributed by atoms with Crippen molar-refractivity contribution in [1.29, 1.82) is 0 Å². The van der Waals surface area contributed by atoms with E-state index in [1.54, 1.807) is 33.6 Å². The number of pyridine rings is 1. The van der Waals surface area contributed by atoms with Crippen molar-refractivity contribution in [3.63, 3.8) is 0 Å². The van der Waals surface area contributed by atoms with Gasteiger partial charge in [-0.15, -0.1) is 0 Å². The maximum absolute atomic E-state index is 12.0. The molecule has 7 heteroatoms. The highest BCUT2D eigenvalue weighted by atomic mass is 16.5. The average molecular weight is 359 g/mol. The summed E-state index contributed by atoms with van der Waals surface area (Å²) in [7, 11) is 4.85. The van der Waals surface area contributed by atoms with Gasteiger partial charge in [0.05, 0.1) is 26.1 Å². The Hall–Kier alpha value is -2.80. The van der Waals surface area contributed by atoms with Gasteiger partial charge in [-0.2, -0.15) is 0 Å². The molecule has 26 heavy (non-hydrogen) atoms. The molecule has 0 atom stereocenters. The van der Waals surface area contributed by atoms with Crippen LogP contribution in [0.3, 0.4) is 0 Å². The lowest BCUT2D eigenvalue weighted by molar-refractivity contribution is 0.0943. The van der Waals surface area contributed by atoms with Gasteiger partial charge in [-0.1, -0.05) is 6.07 Å². The van der Waals surface area contributed by atoms with E-state index >= 15 is 0 Å². The SMILES string of the molecule is COCCCNC(=O)c1ccc(NCc2ccc(OC)c(OC)c2)cn1. The summed E-state index contributed by atoms with van der Waals surface area (Å²) in [5, 5.41) is 6.08. The second kappa shape index (κ2) is 10.2. The van der Waals surface area contributed by atoms with E-state index in [2.05, 4.69) is 15.6 Å². The predicted molar refractivity (Wildman–Crippen MR) is 99.9 cm³/mol. The third-order valence-electron chi connectivity index (χ3n) is 3.75. The zero-order valence-electron chi connectivity index (χ0n) is 15.4. The Balaban J connectivity index is 1.88. The minimum absolute atomic E-state index is 0.187. The number of nitrogens with zero attached hydrogens (tertiary/aromatic N) is 1. The van der Waals surface area contributed by atoms with Gasteiger partial charge >= 0.3 is 0 Å². The fourth-order valence-corrected chi connectivity index (χ4v) is 2.34. The summed E-state index contributed by atoms with van der Waals surface area (Å²) >= 11 is 0. The van der Waals surface area contributed by atoms with E-state index in [0.717, 1.165) is 17.7 Å². The Kier molecular flexibility index (Phi) is 7.70. The van der Waals surface area contributed by atoms with E-state index in [1.807, 2.05) is 24.3 Å². The molecule has 7 nitrogen and oxygen atoms in total. The number of ether oxygens (including phenoxy) is 3. The van der Waals surface area contributed by atoms with Crippen LogP contribution in [0.4, 0.5) is 5.69 Å². The molecule has 0 aliphatic carbocycles. The molecular weight excluding hydrogens is 334 g/mol. The Morgan fingerprint density at radius 2 is 1.88 bits per heavy atom. The molecule has 0 saturated carbocycles. The van der Waals surface area contributed by atoms with Gasteiger partial charge in [0, 0.05) is 26.8 Å². The van der Waals surface area contributed by atoms with Gasteiger partial charge in [-0.25, -0.2) is 4.98 Å². The fourth-order valence-electron chi connectivity index (χ4n) is 2.34. The molecule has 2 N–H and O–H groups in total. The van der Waals surface area contributed by atoms with Crippen LogP contribution in [0.1, 0.15) is 22.5 Å². The zero-order valence-corrected chi connectivity index (χ0v) is 15.4. The van der Waals surface area contributed by atoms with E-state index in [9.17, 15) is 4.79 Å². The lowest BCUT2D eigenvalue weighted by atomic mass is 10.2. The second-order valence-corrected chi connectivity index (χ2v) is 5.58. The Morgan fingerprint density at radius 3 is 2.54 bits per heavy atom. The summed E-state index contributed by atoms with van der Waals surface area (Å²) in [4.78, 5) is 16.2. The largest absolute Gasteiger partial charge is 0.493 e. The standard InChI is InChI=1S/C19H25N3O4/c1-24-10-4-9-20-19(23)16-7-6-15(13-22-16)21-12-14-5-8-17(25-2)18(11-14)26-3/h5-8,11,13,21H,4,9-10,12H2,1-3H3,(H,20,23). The summed E-state index contributed by atoms with van der Waals surface area (Å²) in [6.07, 6.45) is 2.41. The molecule has 0 saturated heterocycles. The molecular formula is C19H25N3O4. The summed E-state index contributed by atoms with van der Waals surface area (Å²) in [5.41, 5.74) is 2.26. The number of amides is 1. The molecule has 0 bridgehead atoms. The Morgan fingerprint density at radius 1 is 1.08 bits per heavy atom. The molecule has 0 spiro atoms. The maximum Gasteiger partial charge on any atom is 0.269 e. The number of hydrogen-bond acceptors (Lipinski definition) is 6. The molecule has 0 aliphatic heterocycles. The van der Waals surface area contributed by atoms with E-state index < -0.39 is 0 Å². The van der Waals surface area contributed by atoms with E-state index in [4.69, 9.17) is 14.2 Å². The van der Waals surface area contributed by atoms with Crippen LogP contribution in [0.25, 0.3) is 0 Å². The highest BCUT2D eigenvalue weighted by Gasteiger charge is 2.07. The molecule has 1 heterocycles. The monoisotopic (exact) mass is 359 g/mol. The van der Waals surface area contributed by atoms with Crippen LogP contribution in [-0.2, 0) is 11.3 Å². The van der Waals surface area contributed by atoms with Crippen molar-refractivity contribution in [3.8, 4) is 11.5 Å². The molecule has 0 unspecified atom stereocenters. The number of anilines is 1. The molecule has 1 amide bonds. The highest BCUT2D eigenvalue weighted by Crippen LogP contribution is 2.27. The summed E-state index contributed by atoms with van der Waals surface area (Å²) in [6.45, 7) is 1.78. The van der Waals surface area contributed by atoms with Crippen molar-refractivity contribution >= 4 is 11.6 Å². The van der Waals surface area contributed by atoms with Crippen molar-refractivity contribution in [3.05, 3.63) is 47.8 Å². The van der Waals surface area contributed by atoms with Gasteiger partial charge in [-0.05, 0) is 36.2 Å². The maximum atomic E-state index is 12.0. The van der Waals surface area contributed by atoms with Gasteiger partial charge in [0.2, 0.25) is 0 Å². The van der Waals surface area contributed by atoms with Crippen molar-refractivity contribution in [2.75, 3.05) is 39.8 Å². The lowest BCUT2D eigenvalue weighted by Crippen LogP contribution is -2.26. The number of nitrogens with one attached hydrogen (secondary N) is 2. The predicted octanol–water partition coefficient (Wildman–Crippen LogP) is 2.48. The van der Waals surface area contributed by atoms with Gasteiger partial charge in [0.1, 0.15) is 5.69 Å². The third kappa shape index (κ3) is 5.63. The molecule has 1 aromatic carbocycles. The first kappa shape index (κ1) is 19.5. The normalized spacial score (nSPS) is 10.3. The fraction of sp³-hybridized carbons (Fsp3) is 0.368. The number of carbonyl (C=O) groups is 1. The van der Waals surface area contributed by atoms with Crippen molar-refractivity contribution in [1.82, 2.24) is 10.3 Å². The third-order valence-corrected chi connectivity index (χ3v) is 3.75. The van der Waals surface area contributed by atoms with Crippen LogP contribution < -0.4 is 20.1 Å². The number of carbonyl (C=O) groups excluding carboxylic acids is 1. The van der Waals surface area contributed by atoms with E-state index in [1.165, 1.54) is 0 Å². The van der Waals surface area contributed by atoms with E-state index in [-0.39, 0.29) is 5.91 Å². The lowest BCUT2D eigenvalue weighted by Gasteiger charge is -2.11. The van der Waals surface area contributed by atoms with E-state index in [0.29, 0.717) is 36.9 Å². The second-order valence-electron chi connectivity index (χ2n) is 5.58. The van der Waals surface area contributed by atoms with Gasteiger partial charge in [0.15, 0.2) is 11.5 Å². The highest BCUT2D eigenvalue weighted by molar-refractivity contribution is 5.92. The zero-order chi connectivity index (χ0) is 18.8. The molecule has 2 aromatic rings. The molecule has 0 fully saturated rings. The Bertz CT molecular complexity index is 704. The first-order valence-electron chi connectivity index (χ1n) is 8.36. The first-order chi connectivity index (χ1) is 12.7. The molecule has 0 aliphatic rings. The van der Waals surface area contributed by atoms with Crippen LogP contribution in [-0.4, -0.2) is 45.4 Å². The number of aromatic nitrogens is 1. The Labute approximate surface area is 153 Å². The van der Waals surface area contributed by atoms with Crippen LogP contribution >= 0.6 is 0 Å². The molecule has 0 radical (unpaired) electrons. The van der Waals surface area contributed by atoms with Crippen molar-refractivity contribution in [2.45, 2.75) is 13.0 Å². The first-order valence-corrected chi connectivity index (χ1v) is 8.36.